The first kappa shape index (κ1) is 16.9. The first-order valence-corrected chi connectivity index (χ1v) is 7.14. The molecule has 1 aromatic heterocycles. The standard InChI is InChI=1S/C18H19NO4/c1-21-18(22-2)13-23-16-6-4-15(5-7-16)17(20)8-3-14-9-11-19-12-10-14/h3-12,18H,13H2,1-2H3. The molecule has 0 unspecified atom stereocenters. The van der Waals surface area contributed by atoms with E-state index < -0.39 is 6.29 Å². The average Bonchev–Trinajstić information content (AvgIpc) is 2.62. The van der Waals surface area contributed by atoms with Crippen LogP contribution in [0.25, 0.3) is 6.08 Å². The number of hydrogen-bond acceptors (Lipinski definition) is 5. The highest BCUT2D eigenvalue weighted by Gasteiger charge is 2.07. The van der Waals surface area contributed by atoms with Gasteiger partial charge in [-0.05, 0) is 48.0 Å². The number of pyridine rings is 1. The number of carbonyl (C=O) groups excluding carboxylic acids is 1. The van der Waals surface area contributed by atoms with Gasteiger partial charge in [-0.3, -0.25) is 9.78 Å². The van der Waals surface area contributed by atoms with Gasteiger partial charge in [-0.2, -0.15) is 0 Å². The maximum absolute atomic E-state index is 12.1. The van der Waals surface area contributed by atoms with Crippen molar-refractivity contribution in [1.29, 1.82) is 0 Å². The van der Waals surface area contributed by atoms with Crippen LogP contribution in [0.2, 0.25) is 0 Å². The van der Waals surface area contributed by atoms with Crippen molar-refractivity contribution >= 4 is 11.9 Å². The van der Waals surface area contributed by atoms with E-state index in [-0.39, 0.29) is 12.4 Å². The fourth-order valence-corrected chi connectivity index (χ4v) is 1.85. The molecule has 0 radical (unpaired) electrons. The van der Waals surface area contributed by atoms with E-state index >= 15 is 0 Å². The van der Waals surface area contributed by atoms with Gasteiger partial charge in [0.25, 0.3) is 0 Å². The largest absolute Gasteiger partial charge is 0.488 e. The van der Waals surface area contributed by atoms with Gasteiger partial charge >= 0.3 is 0 Å². The SMILES string of the molecule is COC(COc1ccc(C(=O)C=Cc2ccncc2)cc1)OC. The molecular weight excluding hydrogens is 294 g/mol. The third-order valence-electron chi connectivity index (χ3n) is 3.18. The van der Waals surface area contributed by atoms with Crippen LogP contribution in [0.5, 0.6) is 5.75 Å². The Bertz CT molecular complexity index is 634. The van der Waals surface area contributed by atoms with Crippen LogP contribution in [-0.2, 0) is 9.47 Å². The van der Waals surface area contributed by atoms with Gasteiger partial charge in [0.1, 0.15) is 12.4 Å². The van der Waals surface area contributed by atoms with Gasteiger partial charge in [0, 0.05) is 32.2 Å². The average molecular weight is 313 g/mol. The summed E-state index contributed by atoms with van der Waals surface area (Å²) >= 11 is 0. The van der Waals surface area contributed by atoms with Crippen molar-refractivity contribution in [3.63, 3.8) is 0 Å². The zero-order valence-corrected chi connectivity index (χ0v) is 13.1. The van der Waals surface area contributed by atoms with Crippen molar-refractivity contribution < 1.29 is 19.0 Å². The summed E-state index contributed by atoms with van der Waals surface area (Å²) in [6, 6.07) is 10.6. The molecule has 0 spiro atoms. The van der Waals surface area contributed by atoms with Crippen LogP contribution in [0.4, 0.5) is 0 Å². The molecule has 0 aliphatic rings. The molecule has 2 rings (SSSR count). The number of nitrogens with zero attached hydrogens (tertiary/aromatic N) is 1. The van der Waals surface area contributed by atoms with Gasteiger partial charge in [0.15, 0.2) is 12.1 Å². The van der Waals surface area contributed by atoms with Crippen molar-refractivity contribution in [2.75, 3.05) is 20.8 Å². The molecule has 2 aromatic rings. The number of rotatable bonds is 8. The van der Waals surface area contributed by atoms with E-state index in [0.29, 0.717) is 11.3 Å². The number of aromatic nitrogens is 1. The Morgan fingerprint density at radius 1 is 1.09 bits per heavy atom. The summed E-state index contributed by atoms with van der Waals surface area (Å²) in [7, 11) is 3.10. The molecule has 0 N–H and O–H groups in total. The Hall–Kier alpha value is -2.50. The van der Waals surface area contributed by atoms with E-state index in [1.165, 1.54) is 6.08 Å². The van der Waals surface area contributed by atoms with Crippen LogP contribution in [-0.4, -0.2) is 37.9 Å². The number of benzene rings is 1. The Kier molecular flexibility index (Phi) is 6.47. The van der Waals surface area contributed by atoms with Gasteiger partial charge in [0.2, 0.25) is 0 Å². The van der Waals surface area contributed by atoms with E-state index in [1.807, 2.05) is 12.1 Å². The summed E-state index contributed by atoms with van der Waals surface area (Å²) in [5.74, 6) is 0.582. The normalized spacial score (nSPS) is 11.1. The molecule has 0 saturated heterocycles. The predicted molar refractivity (Wildman–Crippen MR) is 87.3 cm³/mol. The highest BCUT2D eigenvalue weighted by Crippen LogP contribution is 2.14. The lowest BCUT2D eigenvalue weighted by Gasteiger charge is -2.14. The number of ketones is 1. The first-order valence-electron chi connectivity index (χ1n) is 7.14. The minimum atomic E-state index is -0.417. The third kappa shape index (κ3) is 5.32. The van der Waals surface area contributed by atoms with Crippen LogP contribution >= 0.6 is 0 Å². The molecule has 0 atom stereocenters. The van der Waals surface area contributed by atoms with Gasteiger partial charge < -0.3 is 14.2 Å². The quantitative estimate of drug-likeness (QED) is 0.426. The summed E-state index contributed by atoms with van der Waals surface area (Å²) in [5, 5.41) is 0. The molecule has 0 bridgehead atoms. The van der Waals surface area contributed by atoms with Crippen molar-refractivity contribution in [2.45, 2.75) is 6.29 Å². The highest BCUT2D eigenvalue weighted by atomic mass is 16.7. The van der Waals surface area contributed by atoms with Gasteiger partial charge in [-0.1, -0.05) is 6.08 Å². The van der Waals surface area contributed by atoms with Crippen LogP contribution in [0.3, 0.4) is 0 Å². The highest BCUT2D eigenvalue weighted by molar-refractivity contribution is 6.06. The number of carbonyl (C=O) groups is 1. The summed E-state index contributed by atoms with van der Waals surface area (Å²) < 4.78 is 15.6. The summed E-state index contributed by atoms with van der Waals surface area (Å²) in [5.41, 5.74) is 1.52. The maximum atomic E-state index is 12.1. The van der Waals surface area contributed by atoms with Crippen molar-refractivity contribution in [3.8, 4) is 5.75 Å². The molecular formula is C18H19NO4. The number of methoxy groups -OCH3 is 2. The summed E-state index contributed by atoms with van der Waals surface area (Å²) in [6.07, 6.45) is 6.25. The second kappa shape index (κ2) is 8.82. The second-order valence-corrected chi connectivity index (χ2v) is 4.71. The van der Waals surface area contributed by atoms with Gasteiger partial charge in [-0.25, -0.2) is 0 Å². The smallest absolute Gasteiger partial charge is 0.191 e. The lowest BCUT2D eigenvalue weighted by Crippen LogP contribution is -2.21. The van der Waals surface area contributed by atoms with Crippen LogP contribution in [0.15, 0.2) is 54.9 Å². The Balaban J connectivity index is 1.93. The molecule has 0 aliphatic carbocycles. The molecule has 120 valence electrons. The molecule has 0 amide bonds. The lowest BCUT2D eigenvalue weighted by molar-refractivity contribution is -0.121. The summed E-state index contributed by atoms with van der Waals surface area (Å²) in [4.78, 5) is 16.0. The number of hydrogen-bond donors (Lipinski definition) is 0. The molecule has 5 heteroatoms. The third-order valence-corrected chi connectivity index (χ3v) is 3.18. The second-order valence-electron chi connectivity index (χ2n) is 4.71. The van der Waals surface area contributed by atoms with Crippen LogP contribution in [0, 0.1) is 0 Å². The minimum absolute atomic E-state index is 0.0694. The number of ether oxygens (including phenoxy) is 3. The topological polar surface area (TPSA) is 57.7 Å². The van der Waals surface area contributed by atoms with E-state index in [0.717, 1.165) is 5.56 Å². The zero-order valence-electron chi connectivity index (χ0n) is 13.1. The van der Waals surface area contributed by atoms with Crippen molar-refractivity contribution in [1.82, 2.24) is 4.98 Å². The molecule has 5 nitrogen and oxygen atoms in total. The molecule has 0 saturated carbocycles. The summed E-state index contributed by atoms with van der Waals surface area (Å²) in [6.45, 7) is 0.280. The predicted octanol–water partition coefficient (Wildman–Crippen LogP) is 2.98. The van der Waals surface area contributed by atoms with E-state index in [2.05, 4.69) is 4.98 Å². The van der Waals surface area contributed by atoms with Crippen molar-refractivity contribution in [2.24, 2.45) is 0 Å². The molecule has 0 fully saturated rings. The van der Waals surface area contributed by atoms with E-state index in [4.69, 9.17) is 14.2 Å². The lowest BCUT2D eigenvalue weighted by atomic mass is 10.1. The molecule has 1 aromatic carbocycles. The van der Waals surface area contributed by atoms with Gasteiger partial charge in [-0.15, -0.1) is 0 Å². The Labute approximate surface area is 135 Å². The molecule has 0 aliphatic heterocycles. The van der Waals surface area contributed by atoms with Gasteiger partial charge in [0.05, 0.1) is 0 Å². The monoisotopic (exact) mass is 313 g/mol. The molecule has 23 heavy (non-hydrogen) atoms. The fourth-order valence-electron chi connectivity index (χ4n) is 1.85. The Morgan fingerprint density at radius 2 is 1.74 bits per heavy atom. The van der Waals surface area contributed by atoms with E-state index in [9.17, 15) is 4.79 Å². The fraction of sp³-hybridized carbons (Fsp3) is 0.222. The maximum Gasteiger partial charge on any atom is 0.191 e. The molecule has 1 heterocycles. The Morgan fingerprint density at radius 3 is 2.35 bits per heavy atom. The van der Waals surface area contributed by atoms with Crippen LogP contribution in [0.1, 0.15) is 15.9 Å². The van der Waals surface area contributed by atoms with Crippen LogP contribution < -0.4 is 4.74 Å². The first-order chi connectivity index (χ1) is 11.2. The zero-order chi connectivity index (χ0) is 16.5. The van der Waals surface area contributed by atoms with E-state index in [1.54, 1.807) is 57.0 Å². The van der Waals surface area contributed by atoms with Crippen molar-refractivity contribution in [3.05, 3.63) is 66.0 Å². The number of allylic oxidation sites excluding steroid dienone is 1. The minimum Gasteiger partial charge on any atom is -0.488 e.